The molecule has 3 rings (SSSR count). The Morgan fingerprint density at radius 2 is 2.32 bits per heavy atom. The zero-order chi connectivity index (χ0) is 17.8. The van der Waals surface area contributed by atoms with Gasteiger partial charge in [-0.2, -0.15) is 0 Å². The van der Waals surface area contributed by atoms with Crippen LogP contribution in [0.1, 0.15) is 30.3 Å². The molecule has 1 unspecified atom stereocenters. The summed E-state index contributed by atoms with van der Waals surface area (Å²) in [5.41, 5.74) is 4.57. The van der Waals surface area contributed by atoms with Crippen LogP contribution in [0.2, 0.25) is 0 Å². The van der Waals surface area contributed by atoms with Gasteiger partial charge < -0.3 is 9.32 Å². The van der Waals surface area contributed by atoms with E-state index in [4.69, 9.17) is 4.42 Å². The zero-order valence-corrected chi connectivity index (χ0v) is 13.6. The molecule has 0 aromatic carbocycles. The van der Waals surface area contributed by atoms with Crippen LogP contribution in [0.5, 0.6) is 0 Å². The average molecular weight is 346 g/mol. The van der Waals surface area contributed by atoms with E-state index in [1.54, 1.807) is 6.07 Å². The third kappa shape index (κ3) is 3.67. The minimum atomic E-state index is -0.564. The number of aromatic nitrogens is 2. The van der Waals surface area contributed by atoms with Crippen LogP contribution in [0.25, 0.3) is 0 Å². The number of nitrogens with one attached hydrogen (secondary N) is 2. The highest BCUT2D eigenvalue weighted by Gasteiger charge is 2.29. The Morgan fingerprint density at radius 3 is 3.00 bits per heavy atom. The van der Waals surface area contributed by atoms with Gasteiger partial charge in [-0.25, -0.2) is 9.97 Å². The van der Waals surface area contributed by atoms with E-state index >= 15 is 0 Å². The lowest BCUT2D eigenvalue weighted by atomic mass is 10.0. The zero-order valence-electron chi connectivity index (χ0n) is 13.6. The van der Waals surface area contributed by atoms with Crippen LogP contribution in [0, 0.1) is 16.0 Å². The Labute approximate surface area is 143 Å². The van der Waals surface area contributed by atoms with Gasteiger partial charge in [0.15, 0.2) is 5.76 Å². The lowest BCUT2D eigenvalue weighted by molar-refractivity contribution is -0.383. The van der Waals surface area contributed by atoms with Gasteiger partial charge in [0, 0.05) is 13.1 Å². The van der Waals surface area contributed by atoms with Gasteiger partial charge >= 0.3 is 11.6 Å². The predicted molar refractivity (Wildman–Crippen MR) is 89.1 cm³/mol. The van der Waals surface area contributed by atoms with E-state index in [1.807, 2.05) is 4.90 Å². The highest BCUT2D eigenvalue weighted by atomic mass is 16.6. The minimum absolute atomic E-state index is 0.0758. The van der Waals surface area contributed by atoms with Crippen molar-refractivity contribution < 1.29 is 14.1 Å². The van der Waals surface area contributed by atoms with Gasteiger partial charge in [-0.3, -0.25) is 25.8 Å². The number of nitrogens with zero attached hydrogens (tertiary/aromatic N) is 4. The summed E-state index contributed by atoms with van der Waals surface area (Å²) in [5.74, 6) is 0.119. The van der Waals surface area contributed by atoms with Crippen molar-refractivity contribution in [2.45, 2.75) is 19.8 Å². The van der Waals surface area contributed by atoms with Crippen LogP contribution < -0.4 is 15.8 Å². The second-order valence-corrected chi connectivity index (χ2v) is 5.90. The molecule has 0 aliphatic carbocycles. The van der Waals surface area contributed by atoms with E-state index in [0.29, 0.717) is 19.0 Å². The maximum absolute atomic E-state index is 11.9. The van der Waals surface area contributed by atoms with Gasteiger partial charge in [-0.05, 0) is 30.9 Å². The van der Waals surface area contributed by atoms with Crippen molar-refractivity contribution in [2.24, 2.45) is 5.92 Å². The van der Waals surface area contributed by atoms with Gasteiger partial charge in [0.1, 0.15) is 6.33 Å². The monoisotopic (exact) mass is 346 g/mol. The fourth-order valence-electron chi connectivity index (χ4n) is 2.83. The number of nitro groups is 1. The average Bonchev–Trinajstić information content (AvgIpc) is 3.14. The fourth-order valence-corrected chi connectivity index (χ4v) is 2.83. The Hall–Kier alpha value is -3.17. The topological polar surface area (TPSA) is 126 Å². The molecule has 1 saturated heterocycles. The lowest BCUT2D eigenvalue weighted by Crippen LogP contribution is -2.36. The molecular weight excluding hydrogens is 328 g/mol. The van der Waals surface area contributed by atoms with E-state index in [2.05, 4.69) is 27.7 Å². The van der Waals surface area contributed by atoms with Crippen LogP contribution in [-0.2, 0) is 0 Å². The first-order valence-electron chi connectivity index (χ1n) is 7.90. The number of carbonyl (C=O) groups is 1. The van der Waals surface area contributed by atoms with Crippen molar-refractivity contribution in [2.75, 3.05) is 23.4 Å². The molecule has 25 heavy (non-hydrogen) atoms. The Kier molecular flexibility index (Phi) is 4.78. The van der Waals surface area contributed by atoms with Crippen molar-refractivity contribution in [3.05, 3.63) is 40.6 Å². The summed E-state index contributed by atoms with van der Waals surface area (Å²) in [7, 11) is 0. The van der Waals surface area contributed by atoms with E-state index < -0.39 is 10.8 Å². The largest absolute Gasteiger partial charge is 0.459 e. The summed E-state index contributed by atoms with van der Waals surface area (Å²) >= 11 is 0. The van der Waals surface area contributed by atoms with Crippen LogP contribution in [0.4, 0.5) is 17.3 Å². The molecule has 0 radical (unpaired) electrons. The fraction of sp³-hybridized carbons (Fsp3) is 0.400. The second kappa shape index (κ2) is 7.16. The van der Waals surface area contributed by atoms with Crippen LogP contribution in [0.15, 0.2) is 29.1 Å². The van der Waals surface area contributed by atoms with Gasteiger partial charge in [0.25, 0.3) is 0 Å². The van der Waals surface area contributed by atoms with Crippen molar-refractivity contribution in [3.63, 3.8) is 0 Å². The first kappa shape index (κ1) is 16.7. The van der Waals surface area contributed by atoms with Gasteiger partial charge in [0.2, 0.25) is 11.6 Å². The quantitative estimate of drug-likeness (QED) is 0.621. The molecular formula is C15H18N6O4. The number of hydrogen-bond donors (Lipinski definition) is 2. The van der Waals surface area contributed by atoms with Crippen molar-refractivity contribution >= 4 is 23.2 Å². The maximum atomic E-state index is 11.9. The molecule has 3 heterocycles. The molecule has 2 N–H and O–H groups in total. The number of hydrogen-bond acceptors (Lipinski definition) is 8. The third-order valence-electron chi connectivity index (χ3n) is 3.98. The first-order valence-corrected chi connectivity index (χ1v) is 7.90. The number of furan rings is 1. The smallest absolute Gasteiger partial charge is 0.355 e. The van der Waals surface area contributed by atoms with Gasteiger partial charge in [0.05, 0.1) is 11.2 Å². The molecule has 0 spiro atoms. The number of piperidine rings is 1. The molecule has 1 aliphatic heterocycles. The first-order chi connectivity index (χ1) is 12.1. The summed E-state index contributed by atoms with van der Waals surface area (Å²) in [6, 6.07) is 3.05. The summed E-state index contributed by atoms with van der Waals surface area (Å²) in [6.07, 6.45) is 4.63. The van der Waals surface area contributed by atoms with Crippen molar-refractivity contribution in [1.82, 2.24) is 15.4 Å². The SMILES string of the molecule is CC1CCCN(c2ncnc(NNC(=O)c3ccco3)c2[N+](=O)[O-])C1. The molecule has 0 saturated carbocycles. The Bertz CT molecular complexity index is 763. The summed E-state index contributed by atoms with van der Waals surface area (Å²) in [5, 5.41) is 11.6. The normalized spacial score (nSPS) is 17.2. The molecule has 132 valence electrons. The van der Waals surface area contributed by atoms with Crippen molar-refractivity contribution in [1.29, 1.82) is 0 Å². The number of carbonyl (C=O) groups excluding carboxylic acids is 1. The summed E-state index contributed by atoms with van der Waals surface area (Å²) in [4.78, 5) is 32.8. The van der Waals surface area contributed by atoms with Crippen molar-refractivity contribution in [3.8, 4) is 0 Å². The number of hydrazine groups is 1. The van der Waals surface area contributed by atoms with Crippen LogP contribution in [0.3, 0.4) is 0 Å². The van der Waals surface area contributed by atoms with Crippen LogP contribution >= 0.6 is 0 Å². The highest BCUT2D eigenvalue weighted by molar-refractivity contribution is 5.92. The van der Waals surface area contributed by atoms with E-state index in [0.717, 1.165) is 12.8 Å². The van der Waals surface area contributed by atoms with E-state index in [1.165, 1.54) is 18.7 Å². The minimum Gasteiger partial charge on any atom is -0.459 e. The van der Waals surface area contributed by atoms with Crippen LogP contribution in [-0.4, -0.2) is 33.9 Å². The molecule has 0 bridgehead atoms. The molecule has 1 aliphatic rings. The summed E-state index contributed by atoms with van der Waals surface area (Å²) in [6.45, 7) is 3.48. The molecule has 10 nitrogen and oxygen atoms in total. The predicted octanol–water partition coefficient (Wildman–Crippen LogP) is 1.97. The maximum Gasteiger partial charge on any atom is 0.355 e. The molecule has 1 fully saturated rings. The van der Waals surface area contributed by atoms with Gasteiger partial charge in [-0.1, -0.05) is 6.92 Å². The Morgan fingerprint density at radius 1 is 1.48 bits per heavy atom. The molecule has 2 aromatic heterocycles. The number of rotatable bonds is 5. The second-order valence-electron chi connectivity index (χ2n) is 5.90. The standard InChI is InChI=1S/C15H18N6O4/c1-10-4-2-6-20(8-10)14-12(21(23)24)13(16-9-17-14)18-19-15(22)11-5-3-7-25-11/h3,5,7,9-10H,2,4,6,8H2,1H3,(H,19,22)(H,16,17,18). The molecule has 2 aromatic rings. The lowest BCUT2D eigenvalue weighted by Gasteiger charge is -2.31. The summed E-state index contributed by atoms with van der Waals surface area (Å²) < 4.78 is 4.97. The number of amides is 1. The van der Waals surface area contributed by atoms with Gasteiger partial charge in [-0.15, -0.1) is 0 Å². The van der Waals surface area contributed by atoms with E-state index in [-0.39, 0.29) is 23.1 Å². The number of anilines is 2. The highest BCUT2D eigenvalue weighted by Crippen LogP contribution is 2.33. The molecule has 1 amide bonds. The third-order valence-corrected chi connectivity index (χ3v) is 3.98. The molecule has 1 atom stereocenters. The Balaban J connectivity index is 1.82. The van der Waals surface area contributed by atoms with E-state index in [9.17, 15) is 14.9 Å². The molecule has 10 heteroatoms.